The van der Waals surface area contributed by atoms with E-state index in [0.29, 0.717) is 12.5 Å². The van der Waals surface area contributed by atoms with Crippen LogP contribution in [0.15, 0.2) is 0 Å². The van der Waals surface area contributed by atoms with E-state index in [-0.39, 0.29) is 5.41 Å². The van der Waals surface area contributed by atoms with Gasteiger partial charge in [0.25, 0.3) is 0 Å². The third-order valence-electron chi connectivity index (χ3n) is 4.08. The van der Waals surface area contributed by atoms with Crippen molar-refractivity contribution in [3.8, 4) is 0 Å². The Hall–Kier alpha value is -0.610. The Morgan fingerprint density at radius 3 is 2.47 bits per heavy atom. The van der Waals surface area contributed by atoms with Gasteiger partial charge in [-0.2, -0.15) is 0 Å². The molecule has 2 fully saturated rings. The summed E-state index contributed by atoms with van der Waals surface area (Å²) < 4.78 is 5.32. The lowest BCUT2D eigenvalue weighted by molar-refractivity contribution is -0.148. The molecular weight excluding hydrogens is 216 g/mol. The van der Waals surface area contributed by atoms with Gasteiger partial charge in [-0.25, -0.2) is 0 Å². The highest BCUT2D eigenvalue weighted by molar-refractivity contribution is 5.83. The first-order valence-electron chi connectivity index (χ1n) is 6.77. The molecule has 0 unspecified atom stereocenters. The van der Waals surface area contributed by atoms with Gasteiger partial charge in [0.05, 0.1) is 12.0 Å². The molecule has 4 heteroatoms. The number of hydrogen-bond acceptors (Lipinski definition) is 3. The molecule has 2 heterocycles. The Morgan fingerprint density at radius 2 is 1.88 bits per heavy atom. The normalized spacial score (nSPS) is 24.6. The molecule has 2 aliphatic rings. The molecule has 2 saturated heterocycles. The number of nitrogens with zero attached hydrogens (tertiary/aromatic N) is 1. The highest BCUT2D eigenvalue weighted by atomic mass is 16.5. The summed E-state index contributed by atoms with van der Waals surface area (Å²) in [4.78, 5) is 14.7. The average Bonchev–Trinajstić information content (AvgIpc) is 2.40. The minimum Gasteiger partial charge on any atom is -0.384 e. The quantitative estimate of drug-likeness (QED) is 0.800. The highest BCUT2D eigenvalue weighted by Crippen LogP contribution is 2.32. The Morgan fingerprint density at radius 1 is 1.24 bits per heavy atom. The summed E-state index contributed by atoms with van der Waals surface area (Å²) in [7, 11) is 1.70. The van der Waals surface area contributed by atoms with Crippen molar-refractivity contribution in [2.45, 2.75) is 32.1 Å². The predicted octanol–water partition coefficient (Wildman–Crippen LogP) is 1.02. The molecule has 0 aromatic heterocycles. The van der Waals surface area contributed by atoms with Gasteiger partial charge in [0.2, 0.25) is 5.91 Å². The van der Waals surface area contributed by atoms with Crippen LogP contribution >= 0.6 is 0 Å². The van der Waals surface area contributed by atoms with Crippen LogP contribution in [0, 0.1) is 5.41 Å². The van der Waals surface area contributed by atoms with E-state index in [1.165, 1.54) is 6.42 Å². The minimum atomic E-state index is -0.253. The first-order valence-corrected chi connectivity index (χ1v) is 6.77. The maximum Gasteiger partial charge on any atom is 0.231 e. The molecule has 0 aliphatic carbocycles. The molecule has 0 saturated carbocycles. The molecule has 4 nitrogen and oxygen atoms in total. The lowest BCUT2D eigenvalue weighted by atomic mass is 9.78. The summed E-state index contributed by atoms with van der Waals surface area (Å²) in [5, 5.41) is 3.33. The van der Waals surface area contributed by atoms with E-state index in [1.807, 2.05) is 0 Å². The molecule has 2 aliphatic heterocycles. The molecule has 17 heavy (non-hydrogen) atoms. The third kappa shape index (κ3) is 2.80. The van der Waals surface area contributed by atoms with Crippen LogP contribution in [0.25, 0.3) is 0 Å². The van der Waals surface area contributed by atoms with E-state index < -0.39 is 0 Å². The first-order chi connectivity index (χ1) is 8.28. The second-order valence-corrected chi connectivity index (χ2v) is 5.32. The van der Waals surface area contributed by atoms with Crippen molar-refractivity contribution in [3.63, 3.8) is 0 Å². The van der Waals surface area contributed by atoms with E-state index in [2.05, 4.69) is 10.2 Å². The summed E-state index contributed by atoms with van der Waals surface area (Å²) >= 11 is 0. The van der Waals surface area contributed by atoms with Crippen LogP contribution in [0.1, 0.15) is 32.1 Å². The fourth-order valence-corrected chi connectivity index (χ4v) is 3.03. The van der Waals surface area contributed by atoms with Crippen LogP contribution in [0.4, 0.5) is 0 Å². The Balaban J connectivity index is 2.05. The van der Waals surface area contributed by atoms with Crippen molar-refractivity contribution in [3.05, 3.63) is 0 Å². The zero-order valence-electron chi connectivity index (χ0n) is 10.8. The van der Waals surface area contributed by atoms with Crippen molar-refractivity contribution in [2.24, 2.45) is 5.41 Å². The van der Waals surface area contributed by atoms with E-state index in [0.717, 1.165) is 51.9 Å². The molecule has 1 amide bonds. The molecule has 0 aromatic rings. The van der Waals surface area contributed by atoms with Gasteiger partial charge in [0.1, 0.15) is 0 Å². The van der Waals surface area contributed by atoms with Gasteiger partial charge in [-0.15, -0.1) is 0 Å². The molecule has 0 aromatic carbocycles. The highest BCUT2D eigenvalue weighted by Gasteiger charge is 2.42. The summed E-state index contributed by atoms with van der Waals surface area (Å²) in [5.41, 5.74) is -0.253. The lowest BCUT2D eigenvalue weighted by Gasteiger charge is -2.40. The number of carbonyl (C=O) groups excluding carboxylic acids is 1. The fraction of sp³-hybridized carbons (Fsp3) is 0.923. The molecule has 98 valence electrons. The number of likely N-dealkylation sites (tertiary alicyclic amines) is 1. The zero-order valence-corrected chi connectivity index (χ0v) is 10.8. The van der Waals surface area contributed by atoms with Gasteiger partial charge in [0.15, 0.2) is 0 Å². The number of hydrogen-bond donors (Lipinski definition) is 1. The summed E-state index contributed by atoms with van der Waals surface area (Å²) in [5.74, 6) is 0.334. The zero-order chi connectivity index (χ0) is 12.1. The lowest BCUT2D eigenvalue weighted by Crippen LogP contribution is -2.52. The maximum atomic E-state index is 12.7. The van der Waals surface area contributed by atoms with Gasteiger partial charge < -0.3 is 15.0 Å². The van der Waals surface area contributed by atoms with Crippen LogP contribution in [0.5, 0.6) is 0 Å². The average molecular weight is 240 g/mol. The van der Waals surface area contributed by atoms with Crippen molar-refractivity contribution in [1.29, 1.82) is 0 Å². The van der Waals surface area contributed by atoms with E-state index in [1.54, 1.807) is 7.11 Å². The second kappa shape index (κ2) is 5.83. The third-order valence-corrected chi connectivity index (χ3v) is 4.08. The standard InChI is InChI=1S/C13H24N2O2/c1-17-11-13(5-7-14-8-6-13)12(16)15-9-3-2-4-10-15/h14H,2-11H2,1H3. The topological polar surface area (TPSA) is 41.6 Å². The van der Waals surface area contributed by atoms with Crippen LogP contribution in [-0.4, -0.2) is 50.7 Å². The maximum absolute atomic E-state index is 12.7. The molecule has 0 radical (unpaired) electrons. The number of rotatable bonds is 3. The molecule has 0 atom stereocenters. The van der Waals surface area contributed by atoms with Crippen molar-refractivity contribution in [1.82, 2.24) is 10.2 Å². The van der Waals surface area contributed by atoms with Crippen LogP contribution in [-0.2, 0) is 9.53 Å². The summed E-state index contributed by atoms with van der Waals surface area (Å²) in [6.07, 6.45) is 5.41. The number of amides is 1. The molecular formula is C13H24N2O2. The summed E-state index contributed by atoms with van der Waals surface area (Å²) in [6.45, 7) is 4.32. The number of carbonyl (C=O) groups is 1. The monoisotopic (exact) mass is 240 g/mol. The van der Waals surface area contributed by atoms with Crippen LogP contribution in [0.3, 0.4) is 0 Å². The van der Waals surface area contributed by atoms with Crippen molar-refractivity contribution >= 4 is 5.91 Å². The van der Waals surface area contributed by atoms with E-state index in [9.17, 15) is 4.79 Å². The van der Waals surface area contributed by atoms with Crippen molar-refractivity contribution < 1.29 is 9.53 Å². The molecule has 1 N–H and O–H groups in total. The summed E-state index contributed by atoms with van der Waals surface area (Å²) in [6, 6.07) is 0. The van der Waals surface area contributed by atoms with Crippen LogP contribution in [0.2, 0.25) is 0 Å². The van der Waals surface area contributed by atoms with Gasteiger partial charge >= 0.3 is 0 Å². The van der Waals surface area contributed by atoms with E-state index in [4.69, 9.17) is 4.74 Å². The smallest absolute Gasteiger partial charge is 0.231 e. The van der Waals surface area contributed by atoms with Crippen LogP contribution < -0.4 is 5.32 Å². The Kier molecular flexibility index (Phi) is 4.40. The number of piperidine rings is 2. The SMILES string of the molecule is COCC1(C(=O)N2CCCCC2)CCNCC1. The van der Waals surface area contributed by atoms with Gasteiger partial charge in [-0.05, 0) is 45.2 Å². The fourth-order valence-electron chi connectivity index (χ4n) is 3.03. The number of methoxy groups -OCH3 is 1. The Labute approximate surface area is 104 Å². The number of nitrogens with one attached hydrogen (secondary N) is 1. The molecule has 0 bridgehead atoms. The minimum absolute atomic E-state index is 0.253. The predicted molar refractivity (Wildman–Crippen MR) is 66.8 cm³/mol. The first kappa shape index (κ1) is 12.8. The van der Waals surface area contributed by atoms with Crippen molar-refractivity contribution in [2.75, 3.05) is 39.9 Å². The van der Waals surface area contributed by atoms with Gasteiger partial charge in [0, 0.05) is 20.2 Å². The largest absolute Gasteiger partial charge is 0.384 e. The molecule has 0 spiro atoms. The van der Waals surface area contributed by atoms with Gasteiger partial charge in [-0.3, -0.25) is 4.79 Å². The Bertz CT molecular complexity index is 251. The second-order valence-electron chi connectivity index (χ2n) is 5.32. The van der Waals surface area contributed by atoms with Gasteiger partial charge in [-0.1, -0.05) is 0 Å². The molecule has 2 rings (SSSR count). The van der Waals surface area contributed by atoms with E-state index >= 15 is 0 Å². The number of ether oxygens (including phenoxy) is 1.